The van der Waals surface area contributed by atoms with E-state index in [4.69, 9.17) is 9.47 Å². The highest BCUT2D eigenvalue weighted by Gasteiger charge is 2.31. The predicted octanol–water partition coefficient (Wildman–Crippen LogP) is 4.46. The van der Waals surface area contributed by atoms with Gasteiger partial charge in [-0.25, -0.2) is 0 Å². The Bertz CT molecular complexity index is 1260. The molecule has 1 heterocycles. The third-order valence-electron chi connectivity index (χ3n) is 8.42. The second-order valence-electron chi connectivity index (χ2n) is 12.9. The minimum Gasteiger partial charge on any atom is -0.490 e. The van der Waals surface area contributed by atoms with Gasteiger partial charge in [0.25, 0.3) is 5.91 Å². The molecular weight excluding hydrogens is 584 g/mol. The second-order valence-corrected chi connectivity index (χ2v) is 12.9. The highest BCUT2D eigenvalue weighted by atomic mass is 16.5. The molecule has 0 radical (unpaired) electrons. The summed E-state index contributed by atoms with van der Waals surface area (Å²) in [6.07, 6.45) is 3.48. The van der Waals surface area contributed by atoms with Crippen LogP contribution in [-0.2, 0) is 20.7 Å². The molecule has 4 atom stereocenters. The zero-order valence-electron chi connectivity index (χ0n) is 28.5. The summed E-state index contributed by atoms with van der Waals surface area (Å²) in [5.41, 5.74) is 1.70. The van der Waals surface area contributed by atoms with Crippen LogP contribution in [0.1, 0.15) is 68.8 Å². The molecule has 2 aromatic carbocycles. The van der Waals surface area contributed by atoms with Gasteiger partial charge in [0.1, 0.15) is 5.75 Å². The van der Waals surface area contributed by atoms with Crippen LogP contribution in [-0.4, -0.2) is 110 Å². The summed E-state index contributed by atoms with van der Waals surface area (Å²) in [5.74, 6) is -0.137. The van der Waals surface area contributed by atoms with E-state index in [0.717, 1.165) is 37.8 Å². The van der Waals surface area contributed by atoms with Crippen molar-refractivity contribution in [2.75, 3.05) is 59.3 Å². The van der Waals surface area contributed by atoms with Crippen molar-refractivity contribution in [1.82, 2.24) is 14.7 Å². The van der Waals surface area contributed by atoms with E-state index in [1.165, 1.54) is 0 Å². The first kappa shape index (κ1) is 37.0. The fourth-order valence-electron chi connectivity index (χ4n) is 5.56. The van der Waals surface area contributed by atoms with Crippen molar-refractivity contribution in [2.24, 2.45) is 5.92 Å². The van der Waals surface area contributed by atoms with E-state index in [-0.39, 0.29) is 48.9 Å². The van der Waals surface area contributed by atoms with Gasteiger partial charge in [-0.2, -0.15) is 0 Å². The number of aliphatic hydroxyl groups is 1. The third kappa shape index (κ3) is 11.7. The van der Waals surface area contributed by atoms with Gasteiger partial charge in [0.2, 0.25) is 11.8 Å². The average Bonchev–Trinajstić information content (AvgIpc) is 3.02. The minimum atomic E-state index is -0.490. The van der Waals surface area contributed by atoms with Gasteiger partial charge in [-0.3, -0.25) is 14.4 Å². The molecule has 0 fully saturated rings. The number of benzene rings is 2. The number of anilines is 1. The quantitative estimate of drug-likeness (QED) is 0.374. The topological polar surface area (TPSA) is 112 Å². The first-order valence-electron chi connectivity index (χ1n) is 16.5. The van der Waals surface area contributed by atoms with Crippen molar-refractivity contribution in [3.8, 4) is 5.75 Å². The highest BCUT2D eigenvalue weighted by Crippen LogP contribution is 2.28. The number of hydrogen-bond acceptors (Lipinski definition) is 7. The molecule has 46 heavy (non-hydrogen) atoms. The maximum Gasteiger partial charge on any atom is 0.258 e. The number of fused-ring (bicyclic) bond motifs is 1. The number of hydrogen-bond donors (Lipinski definition) is 2. The number of nitrogens with one attached hydrogen (secondary N) is 1. The summed E-state index contributed by atoms with van der Waals surface area (Å²) >= 11 is 0. The zero-order valence-corrected chi connectivity index (χ0v) is 28.5. The van der Waals surface area contributed by atoms with Crippen LogP contribution in [0.25, 0.3) is 0 Å². The van der Waals surface area contributed by atoms with Crippen molar-refractivity contribution in [3.05, 3.63) is 59.7 Å². The van der Waals surface area contributed by atoms with Gasteiger partial charge in [-0.15, -0.1) is 0 Å². The van der Waals surface area contributed by atoms with Gasteiger partial charge in [0.15, 0.2) is 0 Å². The van der Waals surface area contributed by atoms with Crippen molar-refractivity contribution in [3.63, 3.8) is 0 Å². The maximum absolute atomic E-state index is 14.3. The van der Waals surface area contributed by atoms with Crippen LogP contribution < -0.4 is 10.1 Å². The largest absolute Gasteiger partial charge is 0.490 e. The Morgan fingerprint density at radius 2 is 1.83 bits per heavy atom. The summed E-state index contributed by atoms with van der Waals surface area (Å²) in [6, 6.07) is 14.1. The third-order valence-corrected chi connectivity index (χ3v) is 8.42. The molecule has 0 aliphatic carbocycles. The number of likely N-dealkylation sites (N-methyl/N-ethyl adjacent to an activating group) is 1. The Kier molecular flexibility index (Phi) is 15.0. The maximum atomic E-state index is 14.3. The van der Waals surface area contributed by atoms with Crippen LogP contribution in [0.15, 0.2) is 48.5 Å². The van der Waals surface area contributed by atoms with E-state index in [0.29, 0.717) is 43.1 Å². The molecule has 3 amide bonds. The van der Waals surface area contributed by atoms with Gasteiger partial charge >= 0.3 is 0 Å². The fraction of sp³-hybridized carbons (Fsp3) is 0.583. The van der Waals surface area contributed by atoms with Gasteiger partial charge < -0.3 is 34.6 Å². The van der Waals surface area contributed by atoms with Crippen molar-refractivity contribution < 1.29 is 29.0 Å². The minimum absolute atomic E-state index is 0.0652. The van der Waals surface area contributed by atoms with Gasteiger partial charge in [0, 0.05) is 44.8 Å². The molecule has 0 saturated carbocycles. The molecule has 0 unspecified atom stereocenters. The average molecular weight is 639 g/mol. The number of aliphatic hydroxyl groups excluding tert-OH is 1. The molecule has 0 bridgehead atoms. The van der Waals surface area contributed by atoms with Crippen molar-refractivity contribution in [2.45, 2.75) is 77.5 Å². The van der Waals surface area contributed by atoms with Crippen molar-refractivity contribution in [1.29, 1.82) is 0 Å². The number of amides is 3. The Balaban J connectivity index is 1.87. The summed E-state index contributed by atoms with van der Waals surface area (Å²) in [4.78, 5) is 45.6. The van der Waals surface area contributed by atoms with Crippen LogP contribution in [0, 0.1) is 5.92 Å². The van der Waals surface area contributed by atoms with E-state index in [1.54, 1.807) is 34.9 Å². The van der Waals surface area contributed by atoms with E-state index in [1.807, 2.05) is 65.3 Å². The summed E-state index contributed by atoms with van der Waals surface area (Å²) in [5, 5.41) is 13.1. The molecule has 254 valence electrons. The Hall–Kier alpha value is -3.47. The molecule has 1 aliphatic heterocycles. The molecule has 2 aromatic rings. The standard InChI is InChI=1S/C36H54N4O6/c1-26-23-40(27(2)25-41)36(44)31-22-30(37-34(42)21-29-14-8-7-9-15-29)17-18-32(31)46-28(3)13-10-11-20-45-33(26)24-39(6)35(43)16-12-19-38(4)5/h7-9,14-15,17-18,22,26-28,33,41H,10-13,16,19-21,23-25H2,1-6H3,(H,37,42)/t26-,27+,28-,33-/m1/s1. The molecule has 0 saturated heterocycles. The van der Waals surface area contributed by atoms with E-state index in [2.05, 4.69) is 10.2 Å². The summed E-state index contributed by atoms with van der Waals surface area (Å²) in [7, 11) is 5.79. The summed E-state index contributed by atoms with van der Waals surface area (Å²) < 4.78 is 12.7. The van der Waals surface area contributed by atoms with Crippen LogP contribution >= 0.6 is 0 Å². The van der Waals surface area contributed by atoms with Gasteiger partial charge in [0.05, 0.1) is 36.8 Å². The lowest BCUT2D eigenvalue weighted by atomic mass is 10.0. The number of carbonyl (C=O) groups excluding carboxylic acids is 3. The van der Waals surface area contributed by atoms with E-state index >= 15 is 0 Å². The number of rotatable bonds is 11. The lowest BCUT2D eigenvalue weighted by molar-refractivity contribution is -0.132. The smallest absolute Gasteiger partial charge is 0.258 e. The number of nitrogens with zero attached hydrogens (tertiary/aromatic N) is 3. The fourth-order valence-corrected chi connectivity index (χ4v) is 5.56. The Morgan fingerprint density at radius 3 is 2.52 bits per heavy atom. The molecule has 2 N–H and O–H groups in total. The highest BCUT2D eigenvalue weighted by molar-refractivity contribution is 6.00. The Morgan fingerprint density at radius 1 is 1.09 bits per heavy atom. The molecule has 10 heteroatoms. The molecule has 3 rings (SSSR count). The van der Waals surface area contributed by atoms with Crippen LogP contribution in [0.3, 0.4) is 0 Å². The van der Waals surface area contributed by atoms with E-state index < -0.39 is 6.04 Å². The molecule has 0 aromatic heterocycles. The first-order chi connectivity index (χ1) is 22.0. The molecular formula is C36H54N4O6. The van der Waals surface area contributed by atoms with Gasteiger partial charge in [-0.05, 0) is 83.9 Å². The number of carbonyl (C=O) groups is 3. The van der Waals surface area contributed by atoms with Gasteiger partial charge in [-0.1, -0.05) is 37.3 Å². The lowest BCUT2D eigenvalue weighted by Gasteiger charge is -2.36. The number of ether oxygens (including phenoxy) is 2. The van der Waals surface area contributed by atoms with Crippen LogP contribution in [0.5, 0.6) is 5.75 Å². The predicted molar refractivity (Wildman–Crippen MR) is 181 cm³/mol. The van der Waals surface area contributed by atoms with Crippen molar-refractivity contribution >= 4 is 23.4 Å². The SMILES string of the molecule is C[C@@H]1CCCCO[C@H](CN(C)C(=O)CCCN(C)C)[C@H](C)CN([C@@H](C)CO)C(=O)c2cc(NC(=O)Cc3ccccc3)ccc2O1. The Labute approximate surface area is 275 Å². The lowest BCUT2D eigenvalue weighted by Crippen LogP contribution is -2.48. The monoisotopic (exact) mass is 638 g/mol. The zero-order chi connectivity index (χ0) is 33.6. The van der Waals surface area contributed by atoms with E-state index in [9.17, 15) is 19.5 Å². The summed E-state index contributed by atoms with van der Waals surface area (Å²) in [6.45, 7) is 7.66. The van der Waals surface area contributed by atoms with Crippen LogP contribution in [0.2, 0.25) is 0 Å². The molecule has 10 nitrogen and oxygen atoms in total. The molecule has 1 aliphatic rings. The normalized spacial score (nSPS) is 20.3. The first-order valence-corrected chi connectivity index (χ1v) is 16.5. The second kappa shape index (κ2) is 18.6. The van der Waals surface area contributed by atoms with Crippen LogP contribution in [0.4, 0.5) is 5.69 Å². The molecule has 0 spiro atoms.